The minimum Gasteiger partial charge on any atom is -0.385 e. The fraction of sp³-hybridized carbons (Fsp3) is 0.778. The summed E-state index contributed by atoms with van der Waals surface area (Å²) < 4.78 is 4.90. The minimum absolute atomic E-state index is 0.0698. The largest absolute Gasteiger partial charge is 0.385 e. The van der Waals surface area contributed by atoms with E-state index in [1.807, 2.05) is 19.1 Å². The Morgan fingerprint density at radius 3 is 2.58 bits per heavy atom. The standard InChI is InChI=1S/C9H16Cl2O/c1-8(10)4-3-5-9(11)6-7-12-2/h3,5,8-9H,4,6-7H2,1-2H3/b5-3-. The summed E-state index contributed by atoms with van der Waals surface area (Å²) in [6.07, 6.45) is 5.72. The van der Waals surface area contributed by atoms with E-state index >= 15 is 0 Å². The van der Waals surface area contributed by atoms with Crippen molar-refractivity contribution >= 4 is 23.2 Å². The van der Waals surface area contributed by atoms with E-state index in [9.17, 15) is 0 Å². The number of allylic oxidation sites excluding steroid dienone is 2. The molecular formula is C9H16Cl2O. The van der Waals surface area contributed by atoms with E-state index < -0.39 is 0 Å². The molecule has 0 aromatic heterocycles. The van der Waals surface area contributed by atoms with Gasteiger partial charge in [0.15, 0.2) is 0 Å². The zero-order chi connectivity index (χ0) is 9.40. The minimum atomic E-state index is 0.0698. The summed E-state index contributed by atoms with van der Waals surface area (Å²) in [5.41, 5.74) is 0. The highest BCUT2D eigenvalue weighted by Gasteiger charge is 1.98. The molecule has 0 rings (SSSR count). The van der Waals surface area contributed by atoms with Crippen LogP contribution in [0.15, 0.2) is 12.2 Å². The molecule has 0 spiro atoms. The Labute approximate surface area is 84.7 Å². The van der Waals surface area contributed by atoms with E-state index in [0.717, 1.165) is 12.8 Å². The van der Waals surface area contributed by atoms with Crippen LogP contribution in [-0.4, -0.2) is 24.5 Å². The van der Waals surface area contributed by atoms with Crippen molar-refractivity contribution in [2.45, 2.75) is 30.5 Å². The quantitative estimate of drug-likeness (QED) is 0.484. The highest BCUT2D eigenvalue weighted by atomic mass is 35.5. The Kier molecular flexibility index (Phi) is 8.09. The molecule has 0 aliphatic heterocycles. The van der Waals surface area contributed by atoms with Gasteiger partial charge in [0.2, 0.25) is 0 Å². The molecule has 0 fully saturated rings. The number of methoxy groups -OCH3 is 1. The van der Waals surface area contributed by atoms with Crippen molar-refractivity contribution in [3.05, 3.63) is 12.2 Å². The van der Waals surface area contributed by atoms with E-state index in [4.69, 9.17) is 27.9 Å². The summed E-state index contributed by atoms with van der Waals surface area (Å²) in [6.45, 7) is 2.67. The molecule has 0 aliphatic rings. The second-order valence-corrected chi connectivity index (χ2v) is 4.05. The highest BCUT2D eigenvalue weighted by molar-refractivity contribution is 6.21. The zero-order valence-electron chi connectivity index (χ0n) is 7.59. The SMILES string of the molecule is COCCC(Cl)/C=C\CC(C)Cl. The van der Waals surface area contributed by atoms with Crippen molar-refractivity contribution in [2.75, 3.05) is 13.7 Å². The Morgan fingerprint density at radius 2 is 2.08 bits per heavy atom. The zero-order valence-corrected chi connectivity index (χ0v) is 9.11. The van der Waals surface area contributed by atoms with Crippen molar-refractivity contribution in [2.24, 2.45) is 0 Å². The topological polar surface area (TPSA) is 9.23 Å². The van der Waals surface area contributed by atoms with Gasteiger partial charge in [-0.1, -0.05) is 12.2 Å². The second kappa shape index (κ2) is 7.90. The van der Waals surface area contributed by atoms with E-state index in [-0.39, 0.29) is 10.8 Å². The summed E-state index contributed by atoms with van der Waals surface area (Å²) in [6, 6.07) is 0. The third kappa shape index (κ3) is 8.38. The lowest BCUT2D eigenvalue weighted by Gasteiger charge is -2.02. The summed E-state index contributed by atoms with van der Waals surface area (Å²) in [5.74, 6) is 0. The van der Waals surface area contributed by atoms with Crippen molar-refractivity contribution < 1.29 is 4.74 Å². The highest BCUT2D eigenvalue weighted by Crippen LogP contribution is 2.07. The van der Waals surface area contributed by atoms with Gasteiger partial charge in [-0.05, 0) is 19.8 Å². The van der Waals surface area contributed by atoms with Crippen LogP contribution in [0.25, 0.3) is 0 Å². The molecule has 0 saturated heterocycles. The summed E-state index contributed by atoms with van der Waals surface area (Å²) in [4.78, 5) is 0. The Bertz CT molecular complexity index is 124. The van der Waals surface area contributed by atoms with Gasteiger partial charge in [-0.25, -0.2) is 0 Å². The van der Waals surface area contributed by atoms with Gasteiger partial charge >= 0.3 is 0 Å². The maximum atomic E-state index is 5.93. The Morgan fingerprint density at radius 1 is 1.42 bits per heavy atom. The number of rotatable bonds is 6. The molecule has 0 aromatic carbocycles. The third-order valence-electron chi connectivity index (χ3n) is 1.40. The van der Waals surface area contributed by atoms with Crippen LogP contribution in [0.4, 0.5) is 0 Å². The smallest absolute Gasteiger partial charge is 0.0537 e. The van der Waals surface area contributed by atoms with E-state index in [1.54, 1.807) is 7.11 Å². The van der Waals surface area contributed by atoms with Crippen LogP contribution in [0, 0.1) is 0 Å². The molecular weight excluding hydrogens is 195 g/mol. The predicted molar refractivity (Wildman–Crippen MR) is 55.2 cm³/mol. The fourth-order valence-electron chi connectivity index (χ4n) is 0.740. The molecule has 0 N–H and O–H groups in total. The Hall–Kier alpha value is 0.280. The first-order chi connectivity index (χ1) is 5.66. The van der Waals surface area contributed by atoms with Gasteiger partial charge in [-0.3, -0.25) is 0 Å². The second-order valence-electron chi connectivity index (χ2n) is 2.74. The van der Waals surface area contributed by atoms with Gasteiger partial charge in [0.1, 0.15) is 0 Å². The number of halogens is 2. The maximum Gasteiger partial charge on any atom is 0.0537 e. The van der Waals surface area contributed by atoms with Gasteiger partial charge < -0.3 is 4.74 Å². The van der Waals surface area contributed by atoms with Crippen molar-refractivity contribution in [1.82, 2.24) is 0 Å². The molecule has 1 nitrogen and oxygen atoms in total. The molecule has 3 heteroatoms. The molecule has 0 aromatic rings. The predicted octanol–water partition coefficient (Wildman–Crippen LogP) is 3.20. The van der Waals surface area contributed by atoms with Crippen LogP contribution in [0.5, 0.6) is 0 Å². The number of ether oxygens (including phenoxy) is 1. The summed E-state index contributed by atoms with van der Waals surface area (Å²) in [7, 11) is 1.67. The van der Waals surface area contributed by atoms with Gasteiger partial charge in [0.05, 0.1) is 5.38 Å². The van der Waals surface area contributed by atoms with Crippen LogP contribution in [0.1, 0.15) is 19.8 Å². The first kappa shape index (κ1) is 12.3. The van der Waals surface area contributed by atoms with Crippen molar-refractivity contribution in [3.8, 4) is 0 Å². The normalized spacial score (nSPS) is 16.7. The Balaban J connectivity index is 3.39. The van der Waals surface area contributed by atoms with Crippen molar-refractivity contribution in [3.63, 3.8) is 0 Å². The monoisotopic (exact) mass is 210 g/mol. The molecule has 72 valence electrons. The maximum absolute atomic E-state index is 5.93. The van der Waals surface area contributed by atoms with E-state index in [0.29, 0.717) is 6.61 Å². The van der Waals surface area contributed by atoms with Crippen molar-refractivity contribution in [1.29, 1.82) is 0 Å². The van der Waals surface area contributed by atoms with Crippen LogP contribution < -0.4 is 0 Å². The average Bonchev–Trinajstić information content (AvgIpc) is 2.00. The molecule has 0 heterocycles. The van der Waals surface area contributed by atoms with Crippen LogP contribution in [-0.2, 0) is 4.74 Å². The first-order valence-electron chi connectivity index (χ1n) is 4.10. The fourth-order valence-corrected chi connectivity index (χ4v) is 1.04. The van der Waals surface area contributed by atoms with Gasteiger partial charge in [-0.2, -0.15) is 0 Å². The molecule has 0 bridgehead atoms. The number of hydrogen-bond acceptors (Lipinski definition) is 1. The van der Waals surface area contributed by atoms with Crippen LogP contribution in [0.3, 0.4) is 0 Å². The lowest BCUT2D eigenvalue weighted by Crippen LogP contribution is -1.99. The lowest BCUT2D eigenvalue weighted by molar-refractivity contribution is 0.196. The van der Waals surface area contributed by atoms with E-state index in [1.165, 1.54) is 0 Å². The summed E-state index contributed by atoms with van der Waals surface area (Å²) >= 11 is 11.7. The summed E-state index contributed by atoms with van der Waals surface area (Å²) in [5, 5.41) is 0.257. The number of alkyl halides is 2. The third-order valence-corrected chi connectivity index (χ3v) is 1.95. The van der Waals surface area contributed by atoms with E-state index in [2.05, 4.69) is 0 Å². The molecule has 0 aliphatic carbocycles. The average molecular weight is 211 g/mol. The molecule has 12 heavy (non-hydrogen) atoms. The molecule has 0 saturated carbocycles. The van der Waals surface area contributed by atoms with Crippen LogP contribution >= 0.6 is 23.2 Å². The number of hydrogen-bond donors (Lipinski definition) is 0. The van der Waals surface area contributed by atoms with Gasteiger partial charge in [0, 0.05) is 19.1 Å². The lowest BCUT2D eigenvalue weighted by atomic mass is 10.2. The molecule has 0 amide bonds. The molecule has 2 unspecified atom stereocenters. The van der Waals surface area contributed by atoms with Gasteiger partial charge in [-0.15, -0.1) is 23.2 Å². The van der Waals surface area contributed by atoms with Crippen LogP contribution in [0.2, 0.25) is 0 Å². The van der Waals surface area contributed by atoms with Gasteiger partial charge in [0.25, 0.3) is 0 Å². The molecule has 2 atom stereocenters. The molecule has 0 radical (unpaired) electrons. The first-order valence-corrected chi connectivity index (χ1v) is 4.97.